The molecule has 8 nitrogen and oxygen atoms in total. The molecule has 0 spiro atoms. The second-order valence-electron chi connectivity index (χ2n) is 7.53. The third-order valence-corrected chi connectivity index (χ3v) is 7.86. The van der Waals surface area contributed by atoms with Crippen LogP contribution in [0.1, 0.15) is 27.2 Å². The summed E-state index contributed by atoms with van der Waals surface area (Å²) >= 11 is 6.22. The van der Waals surface area contributed by atoms with Crippen molar-refractivity contribution in [1.29, 1.82) is 0 Å². The van der Waals surface area contributed by atoms with Crippen molar-refractivity contribution in [1.82, 2.24) is 4.31 Å². The van der Waals surface area contributed by atoms with Crippen LogP contribution in [-0.2, 0) is 19.6 Å². The molecule has 1 unspecified atom stereocenters. The van der Waals surface area contributed by atoms with Crippen LogP contribution in [0.25, 0.3) is 0 Å². The Morgan fingerprint density at radius 3 is 2.52 bits per heavy atom. The Balaban J connectivity index is 1.85. The van der Waals surface area contributed by atoms with Gasteiger partial charge in [-0.3, -0.25) is 9.59 Å². The van der Waals surface area contributed by atoms with E-state index in [1.165, 1.54) is 27.4 Å². The van der Waals surface area contributed by atoms with Crippen molar-refractivity contribution in [2.24, 2.45) is 5.92 Å². The molecule has 0 aliphatic carbocycles. The number of benzene rings is 2. The highest BCUT2D eigenvalue weighted by Crippen LogP contribution is 2.33. The van der Waals surface area contributed by atoms with Crippen molar-refractivity contribution >= 4 is 44.8 Å². The fraction of sp³-hybridized carbons (Fsp3) is 0.391. The lowest BCUT2D eigenvalue weighted by Crippen LogP contribution is -2.31. The largest absolute Gasteiger partial charge is 0.492 e. The molecule has 1 heterocycles. The Kier molecular flexibility index (Phi) is 7.99. The monoisotopic (exact) mass is 493 g/mol. The molecule has 1 aliphatic rings. The Bertz CT molecular complexity index is 1130. The summed E-state index contributed by atoms with van der Waals surface area (Å²) in [5.41, 5.74) is 0.806. The molecule has 1 fully saturated rings. The summed E-state index contributed by atoms with van der Waals surface area (Å²) in [6.45, 7) is 6.50. The first-order chi connectivity index (χ1) is 15.7. The molecular formula is C23H28ClN3O5S. The minimum Gasteiger partial charge on any atom is -0.492 e. The van der Waals surface area contributed by atoms with E-state index in [1.807, 2.05) is 0 Å². The van der Waals surface area contributed by atoms with E-state index < -0.39 is 21.8 Å². The van der Waals surface area contributed by atoms with Crippen LogP contribution in [0.2, 0.25) is 5.02 Å². The Labute approximate surface area is 199 Å². The molecule has 1 atom stereocenters. The third-order valence-electron chi connectivity index (χ3n) is 5.49. The van der Waals surface area contributed by atoms with Gasteiger partial charge < -0.3 is 15.0 Å². The minimum absolute atomic E-state index is 0.0263. The first-order valence-corrected chi connectivity index (χ1v) is 12.7. The Morgan fingerprint density at radius 1 is 1.18 bits per heavy atom. The lowest BCUT2D eigenvalue weighted by atomic mass is 10.1. The van der Waals surface area contributed by atoms with Gasteiger partial charge in [0.2, 0.25) is 21.8 Å². The zero-order chi connectivity index (χ0) is 24.2. The van der Waals surface area contributed by atoms with Crippen LogP contribution in [0, 0.1) is 5.92 Å². The third kappa shape index (κ3) is 5.31. The molecule has 3 rings (SSSR count). The van der Waals surface area contributed by atoms with Gasteiger partial charge in [0.25, 0.3) is 0 Å². The molecule has 1 saturated heterocycles. The number of halogens is 1. The van der Waals surface area contributed by atoms with Crippen molar-refractivity contribution in [3.8, 4) is 5.75 Å². The van der Waals surface area contributed by atoms with E-state index in [0.29, 0.717) is 36.2 Å². The summed E-state index contributed by atoms with van der Waals surface area (Å²) in [5, 5.41) is 3.20. The summed E-state index contributed by atoms with van der Waals surface area (Å²) in [6.07, 6.45) is 0.0263. The Hall–Kier alpha value is -2.62. The summed E-state index contributed by atoms with van der Waals surface area (Å²) in [6, 6.07) is 11.4. The average Bonchev–Trinajstić information content (AvgIpc) is 3.17. The number of anilines is 2. The lowest BCUT2D eigenvalue weighted by Gasteiger charge is -2.20. The van der Waals surface area contributed by atoms with Gasteiger partial charge in [-0.15, -0.1) is 0 Å². The maximum absolute atomic E-state index is 13.0. The van der Waals surface area contributed by atoms with E-state index in [9.17, 15) is 18.0 Å². The van der Waals surface area contributed by atoms with Crippen LogP contribution in [0.15, 0.2) is 47.4 Å². The number of amides is 2. The first-order valence-electron chi connectivity index (χ1n) is 10.9. The van der Waals surface area contributed by atoms with Gasteiger partial charge in [-0.25, -0.2) is 8.42 Å². The fourth-order valence-corrected chi connectivity index (χ4v) is 5.51. The fourth-order valence-electron chi connectivity index (χ4n) is 3.78. The van der Waals surface area contributed by atoms with Gasteiger partial charge in [0, 0.05) is 26.1 Å². The van der Waals surface area contributed by atoms with Crippen LogP contribution < -0.4 is 15.0 Å². The molecule has 0 saturated carbocycles. The zero-order valence-electron chi connectivity index (χ0n) is 18.9. The SMILES string of the molecule is CCOc1ccc(S(=O)(=O)N(CC)CC)cc1NC(=O)C1CC(=O)N(c2ccccc2Cl)C1. The number of rotatable bonds is 9. The van der Waals surface area contributed by atoms with Gasteiger partial charge in [0.1, 0.15) is 5.75 Å². The van der Waals surface area contributed by atoms with E-state index in [2.05, 4.69) is 5.32 Å². The summed E-state index contributed by atoms with van der Waals surface area (Å²) in [4.78, 5) is 27.2. The van der Waals surface area contributed by atoms with Crippen molar-refractivity contribution in [2.45, 2.75) is 32.1 Å². The first kappa shape index (κ1) is 25.0. The van der Waals surface area contributed by atoms with E-state index in [1.54, 1.807) is 45.0 Å². The highest BCUT2D eigenvalue weighted by Gasteiger charge is 2.36. The maximum Gasteiger partial charge on any atom is 0.243 e. The van der Waals surface area contributed by atoms with Crippen molar-refractivity contribution in [3.63, 3.8) is 0 Å². The molecular weight excluding hydrogens is 466 g/mol. The number of carbonyl (C=O) groups is 2. The standard InChI is InChI=1S/C23H28ClN3O5S/c1-4-26(5-2)33(30,31)17-11-12-21(32-6-3)19(14-17)25-23(29)16-13-22(28)27(15-16)20-10-8-7-9-18(20)24/h7-12,14,16H,4-6,13,15H2,1-3H3,(H,25,29). The lowest BCUT2D eigenvalue weighted by molar-refractivity contribution is -0.122. The summed E-state index contributed by atoms with van der Waals surface area (Å²) in [7, 11) is -3.72. The van der Waals surface area contributed by atoms with Crippen LogP contribution in [0.4, 0.5) is 11.4 Å². The van der Waals surface area contributed by atoms with Crippen LogP contribution in [0.5, 0.6) is 5.75 Å². The smallest absolute Gasteiger partial charge is 0.243 e. The molecule has 10 heteroatoms. The van der Waals surface area contributed by atoms with Crippen LogP contribution in [-0.4, -0.2) is 50.8 Å². The predicted octanol–water partition coefficient (Wildman–Crippen LogP) is 3.76. The molecule has 178 valence electrons. The number of para-hydroxylation sites is 1. The van der Waals surface area contributed by atoms with Crippen molar-refractivity contribution in [3.05, 3.63) is 47.5 Å². The molecule has 2 aromatic carbocycles. The van der Waals surface area contributed by atoms with E-state index in [0.717, 1.165) is 0 Å². The van der Waals surface area contributed by atoms with E-state index >= 15 is 0 Å². The highest BCUT2D eigenvalue weighted by molar-refractivity contribution is 7.89. The quantitative estimate of drug-likeness (QED) is 0.573. The molecule has 0 radical (unpaired) electrons. The molecule has 1 N–H and O–H groups in total. The minimum atomic E-state index is -3.72. The topological polar surface area (TPSA) is 96.0 Å². The number of hydrogen-bond acceptors (Lipinski definition) is 5. The maximum atomic E-state index is 13.0. The number of nitrogens with zero attached hydrogens (tertiary/aromatic N) is 2. The predicted molar refractivity (Wildman–Crippen MR) is 128 cm³/mol. The van der Waals surface area contributed by atoms with Crippen LogP contribution in [0.3, 0.4) is 0 Å². The summed E-state index contributed by atoms with van der Waals surface area (Å²) < 4.78 is 32.8. The molecule has 0 bridgehead atoms. The zero-order valence-corrected chi connectivity index (χ0v) is 20.4. The second-order valence-corrected chi connectivity index (χ2v) is 9.87. The number of carbonyl (C=O) groups excluding carboxylic acids is 2. The van der Waals surface area contributed by atoms with E-state index in [-0.39, 0.29) is 29.5 Å². The number of ether oxygens (including phenoxy) is 1. The van der Waals surface area contributed by atoms with E-state index in [4.69, 9.17) is 16.3 Å². The second kappa shape index (κ2) is 10.5. The summed E-state index contributed by atoms with van der Waals surface area (Å²) in [5.74, 6) is -0.856. The molecule has 0 aromatic heterocycles. The normalized spacial score (nSPS) is 16.3. The van der Waals surface area contributed by atoms with Gasteiger partial charge in [0.15, 0.2) is 0 Å². The van der Waals surface area contributed by atoms with Gasteiger partial charge in [-0.05, 0) is 37.3 Å². The molecule has 2 amide bonds. The van der Waals surface area contributed by atoms with Crippen molar-refractivity contribution < 1.29 is 22.7 Å². The molecule has 2 aromatic rings. The van der Waals surface area contributed by atoms with Gasteiger partial charge in [0.05, 0.1) is 33.8 Å². The number of sulfonamides is 1. The Morgan fingerprint density at radius 2 is 1.88 bits per heavy atom. The van der Waals surface area contributed by atoms with Gasteiger partial charge >= 0.3 is 0 Å². The molecule has 1 aliphatic heterocycles. The average molecular weight is 494 g/mol. The van der Waals surface area contributed by atoms with Crippen LogP contribution >= 0.6 is 11.6 Å². The van der Waals surface area contributed by atoms with Gasteiger partial charge in [-0.1, -0.05) is 37.6 Å². The van der Waals surface area contributed by atoms with Gasteiger partial charge in [-0.2, -0.15) is 4.31 Å². The number of nitrogens with one attached hydrogen (secondary N) is 1. The number of hydrogen-bond donors (Lipinski definition) is 1. The highest BCUT2D eigenvalue weighted by atomic mass is 35.5. The van der Waals surface area contributed by atoms with Crippen molar-refractivity contribution in [2.75, 3.05) is 36.5 Å². The molecule has 33 heavy (non-hydrogen) atoms.